The summed E-state index contributed by atoms with van der Waals surface area (Å²) in [6.07, 6.45) is 3.75. The Morgan fingerprint density at radius 2 is 2.00 bits per heavy atom. The zero-order chi connectivity index (χ0) is 14.0. The minimum Gasteiger partial charge on any atom is -0.388 e. The molecule has 1 fully saturated rings. The standard InChI is InChI=1S/C14H28N2O2/c1-6-8-14(9-7-10-15-14)11(17)16-12(2,3)13(4,5)18/h15,18H,6-10H2,1-5H3,(H,16,17). The Balaban J connectivity index is 2.80. The first-order chi connectivity index (χ1) is 8.15. The number of hydrogen-bond donors (Lipinski definition) is 3. The third kappa shape index (κ3) is 3.04. The second-order valence-electron chi connectivity index (χ2n) is 6.50. The van der Waals surface area contributed by atoms with Crippen molar-refractivity contribution in [3.05, 3.63) is 0 Å². The van der Waals surface area contributed by atoms with Crippen molar-refractivity contribution in [3.8, 4) is 0 Å². The molecule has 18 heavy (non-hydrogen) atoms. The van der Waals surface area contributed by atoms with Crippen LogP contribution in [0.4, 0.5) is 0 Å². The van der Waals surface area contributed by atoms with Crippen molar-refractivity contribution in [1.82, 2.24) is 10.6 Å². The lowest BCUT2D eigenvalue weighted by atomic mass is 9.83. The van der Waals surface area contributed by atoms with Crippen LogP contribution in [-0.2, 0) is 4.79 Å². The summed E-state index contributed by atoms with van der Waals surface area (Å²) in [4.78, 5) is 12.5. The van der Waals surface area contributed by atoms with Crippen LogP contribution in [0.25, 0.3) is 0 Å². The van der Waals surface area contributed by atoms with Gasteiger partial charge >= 0.3 is 0 Å². The number of aliphatic hydroxyl groups is 1. The number of hydrogen-bond acceptors (Lipinski definition) is 3. The molecular formula is C14H28N2O2. The molecule has 106 valence electrons. The molecule has 3 N–H and O–H groups in total. The molecule has 1 aliphatic heterocycles. The van der Waals surface area contributed by atoms with Gasteiger partial charge in [-0.25, -0.2) is 0 Å². The number of amides is 1. The van der Waals surface area contributed by atoms with Crippen molar-refractivity contribution in [2.24, 2.45) is 0 Å². The van der Waals surface area contributed by atoms with Gasteiger partial charge in [0.1, 0.15) is 0 Å². The Kier molecular flexibility index (Phi) is 4.44. The number of nitrogens with one attached hydrogen (secondary N) is 2. The van der Waals surface area contributed by atoms with Crippen LogP contribution in [0.15, 0.2) is 0 Å². The average molecular weight is 256 g/mol. The SMILES string of the molecule is CCCC1(C(=O)NC(C)(C)C(C)(C)O)CCCN1. The predicted octanol–water partition coefficient (Wildman–Crippen LogP) is 1.57. The summed E-state index contributed by atoms with van der Waals surface area (Å²) in [5.41, 5.74) is -2.03. The van der Waals surface area contributed by atoms with Crippen LogP contribution in [0.1, 0.15) is 60.3 Å². The van der Waals surface area contributed by atoms with Gasteiger partial charge in [-0.05, 0) is 53.5 Å². The highest BCUT2D eigenvalue weighted by Gasteiger charge is 2.44. The van der Waals surface area contributed by atoms with E-state index < -0.39 is 16.7 Å². The van der Waals surface area contributed by atoms with Crippen LogP contribution in [0.5, 0.6) is 0 Å². The van der Waals surface area contributed by atoms with E-state index in [0.29, 0.717) is 0 Å². The highest BCUT2D eigenvalue weighted by molar-refractivity contribution is 5.87. The molecule has 1 rings (SSSR count). The lowest BCUT2D eigenvalue weighted by Crippen LogP contribution is -2.64. The van der Waals surface area contributed by atoms with Crippen molar-refractivity contribution in [2.75, 3.05) is 6.54 Å². The van der Waals surface area contributed by atoms with Crippen molar-refractivity contribution < 1.29 is 9.90 Å². The zero-order valence-electron chi connectivity index (χ0n) is 12.4. The van der Waals surface area contributed by atoms with E-state index in [-0.39, 0.29) is 5.91 Å². The molecule has 1 amide bonds. The molecule has 4 nitrogen and oxygen atoms in total. The predicted molar refractivity (Wildman–Crippen MR) is 73.4 cm³/mol. The molecule has 0 aromatic carbocycles. The molecule has 1 heterocycles. The minimum absolute atomic E-state index is 0.0222. The van der Waals surface area contributed by atoms with E-state index in [9.17, 15) is 9.90 Å². The Morgan fingerprint density at radius 3 is 2.39 bits per heavy atom. The molecule has 4 heteroatoms. The van der Waals surface area contributed by atoms with E-state index in [1.807, 2.05) is 13.8 Å². The maximum absolute atomic E-state index is 12.5. The summed E-state index contributed by atoms with van der Waals surface area (Å²) in [7, 11) is 0. The van der Waals surface area contributed by atoms with E-state index in [0.717, 1.165) is 32.2 Å². The molecule has 0 bridgehead atoms. The fraction of sp³-hybridized carbons (Fsp3) is 0.929. The molecule has 0 radical (unpaired) electrons. The molecule has 0 aromatic heterocycles. The van der Waals surface area contributed by atoms with Gasteiger partial charge in [-0.1, -0.05) is 13.3 Å². The number of carbonyl (C=O) groups excluding carboxylic acids is 1. The molecule has 0 aliphatic carbocycles. The van der Waals surface area contributed by atoms with Gasteiger partial charge in [-0.2, -0.15) is 0 Å². The Morgan fingerprint density at radius 1 is 1.39 bits per heavy atom. The van der Waals surface area contributed by atoms with Crippen molar-refractivity contribution >= 4 is 5.91 Å². The first kappa shape index (κ1) is 15.4. The summed E-state index contributed by atoms with van der Waals surface area (Å²) in [6.45, 7) is 10.2. The largest absolute Gasteiger partial charge is 0.388 e. The van der Waals surface area contributed by atoms with E-state index in [2.05, 4.69) is 17.6 Å². The maximum atomic E-state index is 12.5. The summed E-state index contributed by atoms with van der Waals surface area (Å²) < 4.78 is 0. The van der Waals surface area contributed by atoms with Crippen molar-refractivity contribution in [3.63, 3.8) is 0 Å². The van der Waals surface area contributed by atoms with Crippen LogP contribution in [-0.4, -0.2) is 34.2 Å². The fourth-order valence-corrected chi connectivity index (χ4v) is 2.31. The van der Waals surface area contributed by atoms with Gasteiger partial charge in [-0.15, -0.1) is 0 Å². The number of rotatable bonds is 5. The van der Waals surface area contributed by atoms with Crippen LogP contribution in [0.3, 0.4) is 0 Å². The monoisotopic (exact) mass is 256 g/mol. The smallest absolute Gasteiger partial charge is 0.240 e. The Hall–Kier alpha value is -0.610. The van der Waals surface area contributed by atoms with Gasteiger partial charge in [-0.3, -0.25) is 4.79 Å². The van der Waals surface area contributed by atoms with E-state index in [1.54, 1.807) is 13.8 Å². The first-order valence-corrected chi connectivity index (χ1v) is 6.95. The van der Waals surface area contributed by atoms with Gasteiger partial charge in [0.25, 0.3) is 0 Å². The summed E-state index contributed by atoms with van der Waals surface area (Å²) >= 11 is 0. The maximum Gasteiger partial charge on any atom is 0.240 e. The van der Waals surface area contributed by atoms with E-state index in [4.69, 9.17) is 0 Å². The molecular weight excluding hydrogens is 228 g/mol. The molecule has 0 spiro atoms. The molecule has 1 aliphatic rings. The average Bonchev–Trinajstić information content (AvgIpc) is 2.65. The van der Waals surface area contributed by atoms with Gasteiger partial charge in [0.05, 0.1) is 16.7 Å². The van der Waals surface area contributed by atoms with Gasteiger partial charge < -0.3 is 15.7 Å². The molecule has 1 saturated heterocycles. The van der Waals surface area contributed by atoms with Crippen LogP contribution < -0.4 is 10.6 Å². The molecule has 0 aromatic rings. The van der Waals surface area contributed by atoms with Crippen molar-refractivity contribution in [2.45, 2.75) is 77.0 Å². The highest BCUT2D eigenvalue weighted by atomic mass is 16.3. The fourth-order valence-electron chi connectivity index (χ4n) is 2.31. The van der Waals surface area contributed by atoms with Gasteiger partial charge in [0, 0.05) is 0 Å². The third-order valence-electron chi connectivity index (χ3n) is 4.31. The second-order valence-corrected chi connectivity index (χ2v) is 6.50. The van der Waals surface area contributed by atoms with Crippen LogP contribution in [0.2, 0.25) is 0 Å². The second kappa shape index (κ2) is 5.17. The Labute approximate surface area is 111 Å². The van der Waals surface area contributed by atoms with Crippen LogP contribution >= 0.6 is 0 Å². The summed E-state index contributed by atoms with van der Waals surface area (Å²) in [5, 5.41) is 16.5. The quantitative estimate of drug-likeness (QED) is 0.700. The normalized spacial score (nSPS) is 25.2. The first-order valence-electron chi connectivity index (χ1n) is 6.95. The lowest BCUT2D eigenvalue weighted by molar-refractivity contribution is -0.132. The van der Waals surface area contributed by atoms with Gasteiger partial charge in [0.2, 0.25) is 5.91 Å². The Bertz CT molecular complexity index is 299. The summed E-state index contributed by atoms with van der Waals surface area (Å²) in [6, 6.07) is 0. The lowest BCUT2D eigenvalue weighted by Gasteiger charge is -2.41. The zero-order valence-corrected chi connectivity index (χ0v) is 12.4. The highest BCUT2D eigenvalue weighted by Crippen LogP contribution is 2.28. The van der Waals surface area contributed by atoms with E-state index in [1.165, 1.54) is 0 Å². The molecule has 1 atom stereocenters. The van der Waals surface area contributed by atoms with Crippen LogP contribution in [0, 0.1) is 0 Å². The van der Waals surface area contributed by atoms with Gasteiger partial charge in [0.15, 0.2) is 0 Å². The number of carbonyl (C=O) groups is 1. The molecule has 1 unspecified atom stereocenters. The molecule has 0 saturated carbocycles. The minimum atomic E-state index is -0.950. The van der Waals surface area contributed by atoms with Crippen molar-refractivity contribution in [1.29, 1.82) is 0 Å². The topological polar surface area (TPSA) is 61.4 Å². The van der Waals surface area contributed by atoms with E-state index >= 15 is 0 Å². The third-order valence-corrected chi connectivity index (χ3v) is 4.31. The summed E-state index contributed by atoms with van der Waals surface area (Å²) in [5.74, 6) is 0.0222.